The number of fused-ring (bicyclic) bond motifs is 1. The zero-order valence-electron chi connectivity index (χ0n) is 17.3. The van der Waals surface area contributed by atoms with Gasteiger partial charge in [-0.1, -0.05) is 31.5 Å². The third kappa shape index (κ3) is 3.75. The van der Waals surface area contributed by atoms with Crippen LogP contribution in [0.4, 0.5) is 14.9 Å². The van der Waals surface area contributed by atoms with Gasteiger partial charge in [-0.25, -0.2) is 14.2 Å². The second kappa shape index (κ2) is 8.45. The average Bonchev–Trinajstić information content (AvgIpc) is 2.71. The first-order valence-electron chi connectivity index (χ1n) is 9.81. The van der Waals surface area contributed by atoms with E-state index < -0.39 is 22.9 Å². The first kappa shape index (κ1) is 22.4. The van der Waals surface area contributed by atoms with E-state index in [-0.39, 0.29) is 34.8 Å². The average molecular weight is 437 g/mol. The van der Waals surface area contributed by atoms with Gasteiger partial charge in [0, 0.05) is 42.9 Å². The summed E-state index contributed by atoms with van der Waals surface area (Å²) in [7, 11) is 1.45. The Kier molecular flexibility index (Phi) is 6.31. The predicted molar refractivity (Wildman–Crippen MR) is 114 cm³/mol. The van der Waals surface area contributed by atoms with E-state index in [1.165, 1.54) is 18.0 Å². The number of nitrogens with zero attached hydrogens (tertiary/aromatic N) is 2. The number of halogens is 2. The van der Waals surface area contributed by atoms with Crippen molar-refractivity contribution in [3.05, 3.63) is 34.7 Å². The van der Waals surface area contributed by atoms with Crippen LogP contribution in [-0.4, -0.2) is 49.1 Å². The minimum absolute atomic E-state index is 0.0186. The Bertz CT molecular complexity index is 984. The Morgan fingerprint density at radius 2 is 2.20 bits per heavy atom. The fourth-order valence-corrected chi connectivity index (χ4v) is 4.24. The first-order chi connectivity index (χ1) is 14.2. The van der Waals surface area contributed by atoms with Gasteiger partial charge in [0.15, 0.2) is 5.15 Å². The Morgan fingerprint density at radius 3 is 2.83 bits per heavy atom. The van der Waals surface area contributed by atoms with Gasteiger partial charge in [-0.05, 0) is 25.1 Å². The molecule has 162 valence electrons. The van der Waals surface area contributed by atoms with Crippen molar-refractivity contribution < 1.29 is 19.1 Å². The molecule has 0 radical (unpaired) electrons. The maximum atomic E-state index is 15.7. The summed E-state index contributed by atoms with van der Waals surface area (Å²) in [6, 6.07) is 4.13. The number of carbonyl (C=O) groups excluding carboxylic acids is 2. The van der Waals surface area contributed by atoms with Gasteiger partial charge in [0.1, 0.15) is 12.1 Å². The Hall–Kier alpha value is -2.29. The number of aliphatic hydroxyl groups is 1. The molecule has 9 heteroatoms. The van der Waals surface area contributed by atoms with Gasteiger partial charge >= 0.3 is 6.03 Å². The van der Waals surface area contributed by atoms with Crippen LogP contribution in [0.25, 0.3) is 10.9 Å². The molecular weight excluding hydrogens is 411 g/mol. The van der Waals surface area contributed by atoms with Crippen molar-refractivity contribution in [2.24, 2.45) is 5.41 Å². The number of rotatable bonds is 5. The highest BCUT2D eigenvalue weighted by Gasteiger charge is 2.48. The number of amides is 2. The van der Waals surface area contributed by atoms with Crippen LogP contribution in [0.15, 0.2) is 18.2 Å². The van der Waals surface area contributed by atoms with Crippen LogP contribution in [0.3, 0.4) is 0 Å². The molecule has 2 aromatic rings. The van der Waals surface area contributed by atoms with E-state index in [4.69, 9.17) is 11.6 Å². The lowest BCUT2D eigenvalue weighted by Gasteiger charge is -2.47. The van der Waals surface area contributed by atoms with E-state index in [0.29, 0.717) is 31.3 Å². The van der Waals surface area contributed by atoms with Crippen LogP contribution in [0.2, 0.25) is 5.15 Å². The SMILES string of the molecule is CNC(=O)N(CCC=O)c1cc2c(F)c(C3(O)CCNCC3(C)C)ccc2nc1Cl. The summed E-state index contributed by atoms with van der Waals surface area (Å²) in [5.41, 5.74) is -1.27. The number of benzene rings is 1. The number of anilines is 1. The van der Waals surface area contributed by atoms with Crippen molar-refractivity contribution in [2.75, 3.05) is 31.6 Å². The Balaban J connectivity index is 2.18. The molecular formula is C21H26ClFN4O3. The van der Waals surface area contributed by atoms with Crippen LogP contribution in [0.5, 0.6) is 0 Å². The first-order valence-corrected chi connectivity index (χ1v) is 10.2. The lowest BCUT2D eigenvalue weighted by atomic mass is 9.67. The van der Waals surface area contributed by atoms with Crippen molar-refractivity contribution >= 4 is 40.5 Å². The standard InChI is InChI=1S/C21H26ClFN4O3/c1-20(2)12-25-8-7-21(20,30)14-5-6-15-13(17(14)23)11-16(18(22)26-15)27(9-4-10-28)19(29)24-3/h5-6,10-11,25,30H,4,7-9,12H2,1-3H3,(H,24,29). The second-order valence-electron chi connectivity index (χ2n) is 8.13. The summed E-state index contributed by atoms with van der Waals surface area (Å²) in [6.45, 7) is 4.96. The number of pyridine rings is 1. The summed E-state index contributed by atoms with van der Waals surface area (Å²) in [5, 5.41) is 17.3. The largest absolute Gasteiger partial charge is 0.384 e. The molecule has 1 aromatic carbocycles. The maximum absolute atomic E-state index is 15.7. The summed E-state index contributed by atoms with van der Waals surface area (Å²) in [4.78, 5) is 28.6. The normalized spacial score (nSPS) is 20.7. The van der Waals surface area contributed by atoms with Gasteiger partial charge in [-0.3, -0.25) is 4.90 Å². The summed E-state index contributed by atoms with van der Waals surface area (Å²) < 4.78 is 15.7. The van der Waals surface area contributed by atoms with E-state index in [9.17, 15) is 14.7 Å². The lowest BCUT2D eigenvalue weighted by molar-refractivity contribution is -0.107. The van der Waals surface area contributed by atoms with E-state index >= 15 is 4.39 Å². The zero-order chi connectivity index (χ0) is 22.1. The molecule has 2 heterocycles. The molecule has 1 fully saturated rings. The van der Waals surface area contributed by atoms with Crippen LogP contribution >= 0.6 is 11.6 Å². The molecule has 7 nitrogen and oxygen atoms in total. The van der Waals surface area contributed by atoms with Crippen molar-refractivity contribution in [3.63, 3.8) is 0 Å². The van der Waals surface area contributed by atoms with Gasteiger partial charge in [0.05, 0.1) is 16.8 Å². The van der Waals surface area contributed by atoms with E-state index in [1.54, 1.807) is 12.1 Å². The number of piperidine rings is 1. The van der Waals surface area contributed by atoms with E-state index in [0.717, 1.165) is 0 Å². The molecule has 1 atom stereocenters. The third-order valence-corrected chi connectivity index (χ3v) is 6.16. The summed E-state index contributed by atoms with van der Waals surface area (Å²) >= 11 is 6.29. The minimum atomic E-state index is -1.37. The lowest BCUT2D eigenvalue weighted by Crippen LogP contribution is -2.54. The molecule has 2 amide bonds. The van der Waals surface area contributed by atoms with Crippen molar-refractivity contribution in [3.8, 4) is 0 Å². The molecule has 30 heavy (non-hydrogen) atoms. The number of urea groups is 1. The van der Waals surface area contributed by atoms with E-state index in [2.05, 4.69) is 15.6 Å². The van der Waals surface area contributed by atoms with Gasteiger partial charge in [0.2, 0.25) is 0 Å². The van der Waals surface area contributed by atoms with Crippen LogP contribution in [-0.2, 0) is 10.4 Å². The van der Waals surface area contributed by atoms with Gasteiger partial charge in [-0.2, -0.15) is 0 Å². The fraction of sp³-hybridized carbons (Fsp3) is 0.476. The van der Waals surface area contributed by atoms with Crippen molar-refractivity contribution in [2.45, 2.75) is 32.3 Å². The number of hydrogen-bond donors (Lipinski definition) is 3. The third-order valence-electron chi connectivity index (χ3n) is 5.88. The molecule has 1 aliphatic heterocycles. The molecule has 0 bridgehead atoms. The molecule has 3 N–H and O–H groups in total. The second-order valence-corrected chi connectivity index (χ2v) is 8.48. The van der Waals surface area contributed by atoms with E-state index in [1.807, 2.05) is 13.8 Å². The number of carbonyl (C=O) groups is 2. The minimum Gasteiger partial charge on any atom is -0.384 e. The van der Waals surface area contributed by atoms with Crippen LogP contribution in [0.1, 0.15) is 32.3 Å². The molecule has 3 rings (SSSR count). The molecule has 1 saturated heterocycles. The highest BCUT2D eigenvalue weighted by atomic mass is 35.5. The molecule has 0 spiro atoms. The van der Waals surface area contributed by atoms with Crippen molar-refractivity contribution in [1.82, 2.24) is 15.6 Å². The van der Waals surface area contributed by atoms with Crippen LogP contribution < -0.4 is 15.5 Å². The molecule has 1 unspecified atom stereocenters. The van der Waals surface area contributed by atoms with Gasteiger partial charge < -0.3 is 20.5 Å². The van der Waals surface area contributed by atoms with Crippen molar-refractivity contribution in [1.29, 1.82) is 0 Å². The number of aromatic nitrogens is 1. The molecule has 0 saturated carbocycles. The Labute approximate surface area is 179 Å². The summed E-state index contributed by atoms with van der Waals surface area (Å²) in [5.74, 6) is -0.595. The fourth-order valence-electron chi connectivity index (χ4n) is 3.99. The highest BCUT2D eigenvalue weighted by Crippen LogP contribution is 2.46. The van der Waals surface area contributed by atoms with Gasteiger partial charge in [-0.15, -0.1) is 0 Å². The maximum Gasteiger partial charge on any atom is 0.321 e. The topological polar surface area (TPSA) is 94.6 Å². The zero-order valence-corrected chi connectivity index (χ0v) is 18.0. The number of hydrogen-bond acceptors (Lipinski definition) is 5. The number of nitrogens with one attached hydrogen (secondary N) is 2. The Morgan fingerprint density at radius 1 is 1.47 bits per heavy atom. The number of aldehydes is 1. The summed E-state index contributed by atoms with van der Waals surface area (Å²) in [6.07, 6.45) is 1.14. The molecule has 0 aliphatic carbocycles. The monoisotopic (exact) mass is 436 g/mol. The predicted octanol–water partition coefficient (Wildman–Crippen LogP) is 2.97. The molecule has 1 aliphatic rings. The molecule has 1 aromatic heterocycles. The highest BCUT2D eigenvalue weighted by molar-refractivity contribution is 6.33. The quantitative estimate of drug-likeness (QED) is 0.495. The van der Waals surface area contributed by atoms with Crippen LogP contribution in [0, 0.1) is 11.2 Å². The van der Waals surface area contributed by atoms with Gasteiger partial charge in [0.25, 0.3) is 0 Å². The smallest absolute Gasteiger partial charge is 0.321 e.